The number of hydrazone groups is 1. The third kappa shape index (κ3) is 3.57. The third-order valence-electron chi connectivity index (χ3n) is 5.27. The minimum Gasteiger partial charge on any atom is -0.267 e. The molecule has 31 heavy (non-hydrogen) atoms. The number of carbonyl (C=O) groups is 1. The molecule has 1 amide bonds. The first kappa shape index (κ1) is 18.7. The van der Waals surface area contributed by atoms with Crippen molar-refractivity contribution < 1.29 is 4.79 Å². The van der Waals surface area contributed by atoms with E-state index in [1.165, 1.54) is 6.33 Å². The Kier molecular flexibility index (Phi) is 4.76. The molecule has 0 bridgehead atoms. The van der Waals surface area contributed by atoms with Gasteiger partial charge in [0, 0.05) is 6.42 Å². The van der Waals surface area contributed by atoms with Gasteiger partial charge < -0.3 is 0 Å². The number of hydrogen-bond acceptors (Lipinski definition) is 5. The molecule has 152 valence electrons. The summed E-state index contributed by atoms with van der Waals surface area (Å²) >= 11 is 0. The number of nitrogens with zero attached hydrogens (tertiary/aromatic N) is 4. The van der Waals surface area contributed by atoms with Crippen LogP contribution in [0.5, 0.6) is 0 Å². The highest BCUT2D eigenvalue weighted by atomic mass is 16.2. The normalized spacial score (nSPS) is 15.7. The maximum atomic E-state index is 13.0. The molecule has 0 saturated heterocycles. The lowest BCUT2D eigenvalue weighted by Gasteiger charge is -2.23. The van der Waals surface area contributed by atoms with Gasteiger partial charge in [0.05, 0.1) is 22.6 Å². The fraction of sp³-hybridized carbons (Fsp3) is 0.0833. The fourth-order valence-electron chi connectivity index (χ4n) is 3.72. The van der Waals surface area contributed by atoms with Crippen LogP contribution in [0.1, 0.15) is 18.0 Å². The minimum atomic E-state index is -0.432. The Morgan fingerprint density at radius 3 is 2.35 bits per heavy atom. The number of benzene rings is 3. The quantitative estimate of drug-likeness (QED) is 0.560. The van der Waals surface area contributed by atoms with Gasteiger partial charge in [-0.1, -0.05) is 60.7 Å². The lowest BCUT2D eigenvalue weighted by Crippen LogP contribution is -2.36. The topological polar surface area (TPSA) is 79.6 Å². The summed E-state index contributed by atoms with van der Waals surface area (Å²) in [5.74, 6) is -0.432. The Morgan fingerprint density at radius 2 is 1.58 bits per heavy atom. The predicted octanol–water partition coefficient (Wildman–Crippen LogP) is 3.47. The van der Waals surface area contributed by atoms with Gasteiger partial charge in [0.15, 0.2) is 0 Å². The van der Waals surface area contributed by atoms with Gasteiger partial charge in [0.25, 0.3) is 11.5 Å². The first-order valence-electron chi connectivity index (χ1n) is 9.95. The van der Waals surface area contributed by atoms with E-state index in [9.17, 15) is 9.59 Å². The Balaban J connectivity index is 1.46. The molecule has 7 nitrogen and oxygen atoms in total. The van der Waals surface area contributed by atoms with Crippen molar-refractivity contribution in [1.29, 1.82) is 0 Å². The molecular formula is C24H19N5O2. The lowest BCUT2D eigenvalue weighted by atomic mass is 10.0. The van der Waals surface area contributed by atoms with Crippen molar-refractivity contribution in [2.45, 2.75) is 12.5 Å². The first-order chi connectivity index (χ1) is 15.2. The molecule has 2 heterocycles. The number of fused-ring (bicyclic) bond motifs is 1. The molecule has 0 aliphatic carbocycles. The molecule has 3 aromatic carbocycles. The van der Waals surface area contributed by atoms with Crippen LogP contribution in [0.25, 0.3) is 10.9 Å². The van der Waals surface area contributed by atoms with Gasteiger partial charge in [0.1, 0.15) is 12.0 Å². The van der Waals surface area contributed by atoms with E-state index < -0.39 is 5.91 Å². The van der Waals surface area contributed by atoms with E-state index in [0.717, 1.165) is 15.9 Å². The average molecular weight is 409 g/mol. The number of carbonyl (C=O) groups excluding carboxylic acids is 1. The summed E-state index contributed by atoms with van der Waals surface area (Å²) in [7, 11) is 0. The van der Waals surface area contributed by atoms with Crippen molar-refractivity contribution in [3.05, 3.63) is 107 Å². The van der Waals surface area contributed by atoms with Gasteiger partial charge in [-0.2, -0.15) is 5.10 Å². The molecule has 0 radical (unpaired) electrons. The van der Waals surface area contributed by atoms with Crippen LogP contribution in [0.15, 0.2) is 101 Å². The second kappa shape index (κ2) is 7.87. The molecule has 0 saturated carbocycles. The van der Waals surface area contributed by atoms with Gasteiger partial charge >= 0.3 is 0 Å². The van der Waals surface area contributed by atoms with E-state index >= 15 is 0 Å². The summed E-state index contributed by atoms with van der Waals surface area (Å²) in [5, 5.41) is 6.90. The minimum absolute atomic E-state index is 0.115. The number of anilines is 1. The summed E-state index contributed by atoms with van der Waals surface area (Å²) in [6, 6.07) is 26.6. The van der Waals surface area contributed by atoms with Crippen LogP contribution in [0.2, 0.25) is 0 Å². The van der Waals surface area contributed by atoms with Gasteiger partial charge in [0.2, 0.25) is 0 Å². The second-order valence-electron chi connectivity index (χ2n) is 7.24. The summed E-state index contributed by atoms with van der Waals surface area (Å²) in [5.41, 5.74) is 5.17. The molecule has 1 unspecified atom stereocenters. The van der Waals surface area contributed by atoms with Crippen LogP contribution in [0.3, 0.4) is 0 Å². The maximum Gasteiger partial charge on any atom is 0.286 e. The van der Waals surface area contributed by atoms with Gasteiger partial charge in [-0.05, 0) is 29.8 Å². The van der Waals surface area contributed by atoms with Crippen molar-refractivity contribution >= 4 is 28.2 Å². The van der Waals surface area contributed by atoms with Crippen LogP contribution in [0.4, 0.5) is 5.69 Å². The summed E-state index contributed by atoms with van der Waals surface area (Å²) in [6.07, 6.45) is 1.74. The molecule has 1 aliphatic heterocycles. The van der Waals surface area contributed by atoms with Gasteiger partial charge in [-0.15, -0.1) is 0 Å². The first-order valence-corrected chi connectivity index (χ1v) is 9.95. The molecule has 1 aliphatic rings. The highest BCUT2D eigenvalue weighted by Crippen LogP contribution is 2.35. The van der Waals surface area contributed by atoms with Crippen LogP contribution < -0.4 is 16.0 Å². The number of rotatable bonds is 4. The largest absolute Gasteiger partial charge is 0.286 e. The van der Waals surface area contributed by atoms with E-state index in [0.29, 0.717) is 23.0 Å². The Bertz CT molecular complexity index is 1330. The molecule has 1 N–H and O–H groups in total. The Labute approximate surface area is 178 Å². The maximum absolute atomic E-state index is 13.0. The van der Waals surface area contributed by atoms with Crippen LogP contribution in [-0.4, -0.2) is 21.3 Å². The molecule has 0 fully saturated rings. The number of hydrogen-bond donors (Lipinski definition) is 1. The molecule has 5 rings (SSSR count). The average Bonchev–Trinajstić information content (AvgIpc) is 3.28. The molecule has 1 aromatic heterocycles. The number of para-hydroxylation sites is 2. The number of amides is 1. The van der Waals surface area contributed by atoms with E-state index in [2.05, 4.69) is 15.5 Å². The predicted molar refractivity (Wildman–Crippen MR) is 121 cm³/mol. The highest BCUT2D eigenvalue weighted by Gasteiger charge is 2.32. The molecule has 0 spiro atoms. The molecule has 4 aromatic rings. The van der Waals surface area contributed by atoms with Crippen molar-refractivity contribution in [3.63, 3.8) is 0 Å². The summed E-state index contributed by atoms with van der Waals surface area (Å²) in [6.45, 7) is 0. The summed E-state index contributed by atoms with van der Waals surface area (Å²) < 4.78 is 1.11. The lowest BCUT2D eigenvalue weighted by molar-refractivity contribution is -0.111. The zero-order valence-corrected chi connectivity index (χ0v) is 16.6. The number of aromatic nitrogens is 2. The molecule has 1 atom stereocenters. The SMILES string of the molecule is O=C(Nn1cnc2ccccc2c1=O)C1=NN(c2ccccc2)C(c2ccccc2)C1. The van der Waals surface area contributed by atoms with E-state index in [4.69, 9.17) is 0 Å². The van der Waals surface area contributed by atoms with Crippen molar-refractivity contribution in [1.82, 2.24) is 9.66 Å². The third-order valence-corrected chi connectivity index (χ3v) is 5.27. The molecular weight excluding hydrogens is 390 g/mol. The fourth-order valence-corrected chi connectivity index (χ4v) is 3.72. The van der Waals surface area contributed by atoms with Gasteiger partial charge in [-0.3, -0.25) is 20.0 Å². The standard InChI is InChI=1S/C24H19N5O2/c30-23(27-28-16-25-20-14-8-7-13-19(20)24(28)31)21-15-22(17-9-3-1-4-10-17)29(26-21)18-11-5-2-6-12-18/h1-14,16,22H,15H2,(H,27,30). The van der Waals surface area contributed by atoms with Crippen LogP contribution >= 0.6 is 0 Å². The second-order valence-corrected chi connectivity index (χ2v) is 7.24. The zero-order chi connectivity index (χ0) is 21.2. The molecule has 7 heteroatoms. The summed E-state index contributed by atoms with van der Waals surface area (Å²) in [4.78, 5) is 30.0. The zero-order valence-electron chi connectivity index (χ0n) is 16.6. The van der Waals surface area contributed by atoms with Crippen molar-refractivity contribution in [2.24, 2.45) is 5.10 Å². The van der Waals surface area contributed by atoms with E-state index in [1.807, 2.05) is 71.7 Å². The monoisotopic (exact) mass is 409 g/mol. The Morgan fingerprint density at radius 1 is 0.903 bits per heavy atom. The van der Waals surface area contributed by atoms with Crippen LogP contribution in [-0.2, 0) is 4.79 Å². The van der Waals surface area contributed by atoms with Crippen molar-refractivity contribution in [3.8, 4) is 0 Å². The van der Waals surface area contributed by atoms with Crippen molar-refractivity contribution in [2.75, 3.05) is 10.4 Å². The van der Waals surface area contributed by atoms with Crippen LogP contribution in [0, 0.1) is 0 Å². The van der Waals surface area contributed by atoms with E-state index in [-0.39, 0.29) is 11.6 Å². The smallest absolute Gasteiger partial charge is 0.267 e. The number of nitrogens with one attached hydrogen (secondary N) is 1. The van der Waals surface area contributed by atoms with E-state index in [1.54, 1.807) is 18.2 Å². The van der Waals surface area contributed by atoms with Gasteiger partial charge in [-0.25, -0.2) is 9.66 Å². The Hall–Kier alpha value is -4.26. The highest BCUT2D eigenvalue weighted by molar-refractivity contribution is 6.42.